The third-order valence-electron chi connectivity index (χ3n) is 5.10. The Kier molecular flexibility index (Phi) is 5.68. The zero-order chi connectivity index (χ0) is 22.3. The van der Waals surface area contributed by atoms with Crippen molar-refractivity contribution < 1.29 is 14.4 Å². The van der Waals surface area contributed by atoms with Gasteiger partial charge in [-0.3, -0.25) is 14.9 Å². The normalized spacial score (nSPS) is 15.5. The molecule has 2 aromatic carbocycles. The van der Waals surface area contributed by atoms with Gasteiger partial charge in [0.15, 0.2) is 0 Å². The molecule has 3 aromatic rings. The van der Waals surface area contributed by atoms with Gasteiger partial charge in [-0.15, -0.1) is 0 Å². The lowest BCUT2D eigenvalue weighted by molar-refractivity contribution is -0.122. The van der Waals surface area contributed by atoms with Crippen molar-refractivity contribution in [2.45, 2.75) is 13.8 Å². The van der Waals surface area contributed by atoms with Crippen LogP contribution in [-0.2, 0) is 9.59 Å². The van der Waals surface area contributed by atoms with Gasteiger partial charge in [-0.1, -0.05) is 34.1 Å². The van der Waals surface area contributed by atoms with Gasteiger partial charge in [-0.05, 0) is 72.3 Å². The third kappa shape index (κ3) is 3.77. The molecule has 156 valence electrons. The van der Waals surface area contributed by atoms with E-state index < -0.39 is 17.8 Å². The first-order chi connectivity index (χ1) is 14.8. The molecule has 8 heteroatoms. The molecule has 1 aromatic heterocycles. The van der Waals surface area contributed by atoms with Crippen molar-refractivity contribution in [1.29, 1.82) is 0 Å². The van der Waals surface area contributed by atoms with E-state index in [0.29, 0.717) is 11.3 Å². The molecule has 6 nitrogen and oxygen atoms in total. The first-order valence-corrected chi connectivity index (χ1v) is 11.0. The van der Waals surface area contributed by atoms with Crippen LogP contribution >= 0.6 is 31.9 Å². The number of nitrogens with zero attached hydrogens (tertiary/aromatic N) is 2. The van der Waals surface area contributed by atoms with E-state index in [2.05, 4.69) is 37.2 Å². The average molecular weight is 543 g/mol. The molecule has 31 heavy (non-hydrogen) atoms. The lowest BCUT2D eigenvalue weighted by atomic mass is 10.1. The molecule has 0 saturated carbocycles. The van der Waals surface area contributed by atoms with Crippen LogP contribution in [0.15, 0.2) is 69.1 Å². The number of nitrogens with one attached hydrogen (secondary N) is 1. The molecule has 0 aliphatic carbocycles. The maximum Gasteiger partial charge on any atom is 0.335 e. The van der Waals surface area contributed by atoms with Crippen LogP contribution in [0.4, 0.5) is 10.5 Å². The molecule has 0 spiro atoms. The Morgan fingerprint density at radius 2 is 1.48 bits per heavy atom. The fourth-order valence-corrected chi connectivity index (χ4v) is 4.43. The number of carbonyl (C=O) groups is 3. The van der Waals surface area contributed by atoms with Crippen LogP contribution in [0.1, 0.15) is 17.0 Å². The predicted octanol–water partition coefficient (Wildman–Crippen LogP) is 5.29. The SMILES string of the molecule is Cc1c(Br)c(/C=C2\C(=O)NC(=O)N(c3ccc(Br)cc3)C2=O)c(C)n1-c1ccccc1. The minimum absolute atomic E-state index is 0.114. The Bertz CT molecular complexity index is 1250. The minimum atomic E-state index is -0.775. The third-order valence-corrected chi connectivity index (χ3v) is 6.63. The van der Waals surface area contributed by atoms with Gasteiger partial charge in [-0.25, -0.2) is 9.69 Å². The molecule has 0 atom stereocenters. The van der Waals surface area contributed by atoms with Crippen molar-refractivity contribution in [2.24, 2.45) is 0 Å². The summed E-state index contributed by atoms with van der Waals surface area (Å²) in [7, 11) is 0. The number of hydrogen-bond acceptors (Lipinski definition) is 3. The van der Waals surface area contributed by atoms with Crippen molar-refractivity contribution in [2.75, 3.05) is 4.90 Å². The second-order valence-electron chi connectivity index (χ2n) is 7.00. The number of hydrogen-bond donors (Lipinski definition) is 1. The van der Waals surface area contributed by atoms with Crippen LogP contribution in [0, 0.1) is 13.8 Å². The predicted molar refractivity (Wildman–Crippen MR) is 126 cm³/mol. The van der Waals surface area contributed by atoms with E-state index in [9.17, 15) is 14.4 Å². The Morgan fingerprint density at radius 1 is 0.839 bits per heavy atom. The number of anilines is 1. The highest BCUT2D eigenvalue weighted by atomic mass is 79.9. The Hall–Kier alpha value is -2.97. The van der Waals surface area contributed by atoms with Crippen LogP contribution < -0.4 is 10.2 Å². The fraction of sp³-hybridized carbons (Fsp3) is 0.0870. The van der Waals surface area contributed by atoms with Crippen molar-refractivity contribution in [1.82, 2.24) is 9.88 Å². The monoisotopic (exact) mass is 541 g/mol. The smallest absolute Gasteiger partial charge is 0.317 e. The maximum atomic E-state index is 13.2. The van der Waals surface area contributed by atoms with Crippen LogP contribution in [0.2, 0.25) is 0 Å². The van der Waals surface area contributed by atoms with Gasteiger partial charge < -0.3 is 4.57 Å². The summed E-state index contributed by atoms with van der Waals surface area (Å²) in [5.74, 6) is -1.40. The van der Waals surface area contributed by atoms with Crippen molar-refractivity contribution >= 4 is 61.5 Å². The van der Waals surface area contributed by atoms with E-state index in [1.807, 2.05) is 48.7 Å². The van der Waals surface area contributed by atoms with Gasteiger partial charge >= 0.3 is 6.03 Å². The summed E-state index contributed by atoms with van der Waals surface area (Å²) in [4.78, 5) is 39.1. The van der Waals surface area contributed by atoms with Crippen molar-refractivity contribution in [3.63, 3.8) is 0 Å². The molecule has 1 saturated heterocycles. The number of benzene rings is 2. The second kappa shape index (κ2) is 8.28. The lowest BCUT2D eigenvalue weighted by Crippen LogP contribution is -2.54. The van der Waals surface area contributed by atoms with E-state index in [1.54, 1.807) is 24.3 Å². The summed E-state index contributed by atoms with van der Waals surface area (Å²) < 4.78 is 3.62. The zero-order valence-electron chi connectivity index (χ0n) is 16.6. The molecule has 2 heterocycles. The number of para-hydroxylation sites is 1. The minimum Gasteiger partial charge on any atom is -0.317 e. The van der Waals surface area contributed by atoms with E-state index in [1.165, 1.54) is 6.08 Å². The highest BCUT2D eigenvalue weighted by Gasteiger charge is 2.37. The molecule has 4 rings (SSSR count). The van der Waals surface area contributed by atoms with Gasteiger partial charge in [-0.2, -0.15) is 0 Å². The molecular weight excluding hydrogens is 526 g/mol. The molecule has 1 fully saturated rings. The zero-order valence-corrected chi connectivity index (χ0v) is 19.8. The Morgan fingerprint density at radius 3 is 2.13 bits per heavy atom. The van der Waals surface area contributed by atoms with E-state index in [0.717, 1.165) is 30.9 Å². The standard InChI is InChI=1S/C23H17Br2N3O3/c1-13-18(20(25)14(2)27(13)16-6-4-3-5-7-16)12-19-21(29)26-23(31)28(22(19)30)17-10-8-15(24)9-11-17/h3-12H,1-2H3,(H,26,29,31)/b19-12+. The Balaban J connectivity index is 1.81. The van der Waals surface area contributed by atoms with Crippen molar-refractivity contribution in [3.05, 3.63) is 86.1 Å². The number of aromatic nitrogens is 1. The molecule has 1 aliphatic heterocycles. The topological polar surface area (TPSA) is 71.4 Å². The second-order valence-corrected chi connectivity index (χ2v) is 8.71. The largest absolute Gasteiger partial charge is 0.335 e. The van der Waals surface area contributed by atoms with Crippen LogP contribution in [-0.4, -0.2) is 22.4 Å². The van der Waals surface area contributed by atoms with Crippen molar-refractivity contribution in [3.8, 4) is 5.69 Å². The summed E-state index contributed by atoms with van der Waals surface area (Å²) in [6.07, 6.45) is 1.53. The van der Waals surface area contributed by atoms with Gasteiger partial charge in [0, 0.05) is 31.6 Å². The van der Waals surface area contributed by atoms with Crippen LogP contribution in [0.5, 0.6) is 0 Å². The quantitative estimate of drug-likeness (QED) is 0.361. The van der Waals surface area contributed by atoms with Crippen LogP contribution in [0.3, 0.4) is 0 Å². The van der Waals surface area contributed by atoms with E-state index >= 15 is 0 Å². The molecule has 0 unspecified atom stereocenters. The van der Waals surface area contributed by atoms with Gasteiger partial charge in [0.1, 0.15) is 5.57 Å². The van der Waals surface area contributed by atoms with Gasteiger partial charge in [0.2, 0.25) is 0 Å². The summed E-state index contributed by atoms with van der Waals surface area (Å²) in [6, 6.07) is 15.7. The molecule has 0 bridgehead atoms. The number of carbonyl (C=O) groups excluding carboxylic acids is 3. The van der Waals surface area contributed by atoms with Gasteiger partial charge in [0.25, 0.3) is 11.8 Å². The number of urea groups is 1. The summed E-state index contributed by atoms with van der Waals surface area (Å²) in [6.45, 7) is 3.87. The Labute approximate surface area is 195 Å². The molecule has 1 N–H and O–H groups in total. The number of amides is 4. The van der Waals surface area contributed by atoms with E-state index in [-0.39, 0.29) is 5.57 Å². The first kappa shape index (κ1) is 21.3. The molecule has 0 radical (unpaired) electrons. The first-order valence-electron chi connectivity index (χ1n) is 9.39. The highest BCUT2D eigenvalue weighted by molar-refractivity contribution is 9.10. The molecular formula is C23H17Br2N3O3. The molecule has 4 amide bonds. The number of imide groups is 2. The maximum absolute atomic E-state index is 13.2. The summed E-state index contributed by atoms with van der Waals surface area (Å²) in [5.41, 5.74) is 3.71. The number of halogens is 2. The molecule has 1 aliphatic rings. The summed E-state index contributed by atoms with van der Waals surface area (Å²) in [5, 5.41) is 2.26. The summed E-state index contributed by atoms with van der Waals surface area (Å²) >= 11 is 6.93. The van der Waals surface area contributed by atoms with Crippen LogP contribution in [0.25, 0.3) is 11.8 Å². The average Bonchev–Trinajstić information content (AvgIpc) is 2.95. The number of barbiturate groups is 1. The highest BCUT2D eigenvalue weighted by Crippen LogP contribution is 2.33. The lowest BCUT2D eigenvalue weighted by Gasteiger charge is -2.26. The van der Waals surface area contributed by atoms with Gasteiger partial charge in [0.05, 0.1) is 5.69 Å². The number of rotatable bonds is 3. The van der Waals surface area contributed by atoms with E-state index in [4.69, 9.17) is 0 Å². The fourth-order valence-electron chi connectivity index (χ4n) is 3.58.